The zero-order valence-electron chi connectivity index (χ0n) is 9.92. The Morgan fingerprint density at radius 2 is 2.29 bits per heavy atom. The first-order valence-corrected chi connectivity index (χ1v) is 5.68. The molecule has 90 valence electrons. The van der Waals surface area contributed by atoms with E-state index in [9.17, 15) is 4.79 Å². The molecule has 0 amide bonds. The van der Waals surface area contributed by atoms with Crippen LogP contribution in [-0.2, 0) is 6.54 Å². The van der Waals surface area contributed by atoms with Gasteiger partial charge in [0.25, 0.3) is 0 Å². The fraction of sp³-hybridized carbons (Fsp3) is 0.417. The number of hydrogen-bond acceptors (Lipinski definition) is 3. The molecule has 2 rings (SSSR count). The summed E-state index contributed by atoms with van der Waals surface area (Å²) in [4.78, 5) is 10.9. The Balaban J connectivity index is 2.43. The van der Waals surface area contributed by atoms with Gasteiger partial charge in [-0.05, 0) is 24.1 Å². The molecular weight excluding hydrogens is 218 g/mol. The number of nitrogens with zero attached hydrogens (tertiary/aromatic N) is 3. The lowest BCUT2D eigenvalue weighted by atomic mass is 10.1. The number of rotatable bonds is 4. The van der Waals surface area contributed by atoms with E-state index < -0.39 is 5.97 Å². The second kappa shape index (κ2) is 4.53. The topological polar surface area (TPSA) is 68.0 Å². The van der Waals surface area contributed by atoms with Gasteiger partial charge in [-0.1, -0.05) is 25.5 Å². The van der Waals surface area contributed by atoms with Crippen molar-refractivity contribution in [3.63, 3.8) is 0 Å². The molecule has 1 aromatic heterocycles. The van der Waals surface area contributed by atoms with E-state index in [-0.39, 0.29) is 5.56 Å². The second-order valence-corrected chi connectivity index (χ2v) is 4.29. The van der Waals surface area contributed by atoms with Crippen LogP contribution in [0.1, 0.15) is 30.6 Å². The highest BCUT2D eigenvalue weighted by atomic mass is 16.4. The minimum absolute atomic E-state index is 0.269. The number of carboxylic acids is 1. The Morgan fingerprint density at radius 1 is 1.53 bits per heavy atom. The quantitative estimate of drug-likeness (QED) is 0.878. The summed E-state index contributed by atoms with van der Waals surface area (Å²) in [6.45, 7) is 5.01. The molecule has 1 N–H and O–H groups in total. The monoisotopic (exact) mass is 233 g/mol. The van der Waals surface area contributed by atoms with E-state index in [0.29, 0.717) is 5.92 Å². The maximum Gasteiger partial charge on any atom is 0.335 e. The maximum absolute atomic E-state index is 10.9. The maximum atomic E-state index is 10.9. The molecule has 1 unspecified atom stereocenters. The molecule has 0 saturated carbocycles. The summed E-state index contributed by atoms with van der Waals surface area (Å²) in [5.41, 5.74) is 1.79. The van der Waals surface area contributed by atoms with Gasteiger partial charge in [0.1, 0.15) is 5.52 Å². The first-order chi connectivity index (χ1) is 8.11. The van der Waals surface area contributed by atoms with Crippen LogP contribution < -0.4 is 0 Å². The van der Waals surface area contributed by atoms with Crippen molar-refractivity contribution in [1.29, 1.82) is 0 Å². The van der Waals surface area contributed by atoms with Gasteiger partial charge in [0.2, 0.25) is 0 Å². The van der Waals surface area contributed by atoms with Gasteiger partial charge in [-0.2, -0.15) is 0 Å². The summed E-state index contributed by atoms with van der Waals surface area (Å²) in [5.74, 6) is -0.434. The van der Waals surface area contributed by atoms with E-state index >= 15 is 0 Å². The van der Waals surface area contributed by atoms with Gasteiger partial charge in [0.15, 0.2) is 0 Å². The first-order valence-electron chi connectivity index (χ1n) is 5.68. The smallest absolute Gasteiger partial charge is 0.335 e. The number of benzene rings is 1. The molecule has 0 aliphatic rings. The molecular formula is C12H15N3O2. The van der Waals surface area contributed by atoms with Crippen LogP contribution >= 0.6 is 0 Å². The summed E-state index contributed by atoms with van der Waals surface area (Å²) < 4.78 is 1.77. The lowest BCUT2D eigenvalue weighted by Gasteiger charge is -2.08. The highest BCUT2D eigenvalue weighted by Crippen LogP contribution is 2.15. The van der Waals surface area contributed by atoms with Gasteiger partial charge in [-0.25, -0.2) is 9.48 Å². The highest BCUT2D eigenvalue weighted by Gasteiger charge is 2.10. The summed E-state index contributed by atoms with van der Waals surface area (Å²) in [6, 6.07) is 4.87. The molecule has 0 aliphatic heterocycles. The normalized spacial score (nSPS) is 12.8. The summed E-state index contributed by atoms with van der Waals surface area (Å²) in [7, 11) is 0. The molecule has 0 saturated heterocycles. The molecule has 1 atom stereocenters. The minimum Gasteiger partial charge on any atom is -0.478 e. The number of hydrogen-bond donors (Lipinski definition) is 1. The van der Waals surface area contributed by atoms with Gasteiger partial charge in [0.05, 0.1) is 11.1 Å². The third kappa shape index (κ3) is 2.27. The number of fused-ring (bicyclic) bond motifs is 1. The predicted octanol–water partition coefficient (Wildman–Crippen LogP) is 2.18. The number of carboxylic acid groups (broad SMARTS) is 1. The largest absolute Gasteiger partial charge is 0.478 e. The van der Waals surface area contributed by atoms with Gasteiger partial charge in [0, 0.05) is 6.54 Å². The van der Waals surface area contributed by atoms with E-state index in [1.54, 1.807) is 22.9 Å². The Morgan fingerprint density at radius 3 is 2.94 bits per heavy atom. The van der Waals surface area contributed by atoms with Crippen LogP contribution in [0.25, 0.3) is 11.0 Å². The summed E-state index contributed by atoms with van der Waals surface area (Å²) in [6.07, 6.45) is 1.06. The van der Waals surface area contributed by atoms with E-state index in [1.165, 1.54) is 0 Å². The molecule has 5 heteroatoms. The Kier molecular flexibility index (Phi) is 3.08. The molecule has 0 bridgehead atoms. The molecule has 1 heterocycles. The van der Waals surface area contributed by atoms with E-state index in [2.05, 4.69) is 24.2 Å². The molecule has 17 heavy (non-hydrogen) atoms. The van der Waals surface area contributed by atoms with Crippen LogP contribution in [-0.4, -0.2) is 26.1 Å². The predicted molar refractivity (Wildman–Crippen MR) is 63.9 cm³/mol. The van der Waals surface area contributed by atoms with Crippen LogP contribution in [0.2, 0.25) is 0 Å². The van der Waals surface area contributed by atoms with Crippen molar-refractivity contribution >= 4 is 17.0 Å². The van der Waals surface area contributed by atoms with Crippen molar-refractivity contribution < 1.29 is 9.90 Å². The third-order valence-corrected chi connectivity index (χ3v) is 2.94. The third-order valence-electron chi connectivity index (χ3n) is 2.94. The average Bonchev–Trinajstić information content (AvgIpc) is 2.71. The lowest BCUT2D eigenvalue weighted by molar-refractivity contribution is 0.0697. The Hall–Kier alpha value is -1.91. The molecule has 0 radical (unpaired) electrons. The first kappa shape index (κ1) is 11.6. The highest BCUT2D eigenvalue weighted by molar-refractivity contribution is 5.92. The fourth-order valence-electron chi connectivity index (χ4n) is 1.66. The van der Waals surface area contributed by atoms with E-state index in [4.69, 9.17) is 5.11 Å². The fourth-order valence-corrected chi connectivity index (χ4v) is 1.66. The lowest BCUT2D eigenvalue weighted by Crippen LogP contribution is -2.08. The summed E-state index contributed by atoms with van der Waals surface area (Å²) in [5, 5.41) is 17.0. The van der Waals surface area contributed by atoms with Crippen LogP contribution in [0.3, 0.4) is 0 Å². The van der Waals surface area contributed by atoms with E-state index in [0.717, 1.165) is 24.0 Å². The van der Waals surface area contributed by atoms with Crippen molar-refractivity contribution in [2.75, 3.05) is 0 Å². The zero-order chi connectivity index (χ0) is 12.4. The Labute approximate surface area is 99.1 Å². The van der Waals surface area contributed by atoms with Gasteiger partial charge in [-0.15, -0.1) is 5.10 Å². The van der Waals surface area contributed by atoms with E-state index in [1.807, 2.05) is 0 Å². The molecule has 0 aliphatic carbocycles. The average molecular weight is 233 g/mol. The van der Waals surface area contributed by atoms with Crippen LogP contribution in [0.15, 0.2) is 18.2 Å². The number of aromatic carboxylic acids is 1. The molecule has 2 aromatic rings. The molecule has 5 nitrogen and oxygen atoms in total. The van der Waals surface area contributed by atoms with Gasteiger partial charge < -0.3 is 5.11 Å². The second-order valence-electron chi connectivity index (χ2n) is 4.29. The number of carbonyl (C=O) groups is 1. The zero-order valence-corrected chi connectivity index (χ0v) is 9.92. The molecule has 0 spiro atoms. The van der Waals surface area contributed by atoms with Crippen molar-refractivity contribution in [2.45, 2.75) is 26.8 Å². The van der Waals surface area contributed by atoms with Crippen molar-refractivity contribution in [1.82, 2.24) is 15.0 Å². The minimum atomic E-state index is -0.928. The van der Waals surface area contributed by atoms with Gasteiger partial charge >= 0.3 is 5.97 Å². The van der Waals surface area contributed by atoms with Crippen molar-refractivity contribution in [2.24, 2.45) is 5.92 Å². The SMILES string of the molecule is CCC(C)Cn1nnc2ccc(C(=O)O)cc21. The molecule has 0 fully saturated rings. The summed E-state index contributed by atoms with van der Waals surface area (Å²) >= 11 is 0. The molecule has 1 aromatic carbocycles. The van der Waals surface area contributed by atoms with Gasteiger partial charge in [-0.3, -0.25) is 0 Å². The van der Waals surface area contributed by atoms with Crippen LogP contribution in [0, 0.1) is 5.92 Å². The van der Waals surface area contributed by atoms with Crippen LogP contribution in [0.5, 0.6) is 0 Å². The standard InChI is InChI=1S/C12H15N3O2/c1-3-8(2)7-15-11-6-9(12(16)17)4-5-10(11)13-14-15/h4-6,8H,3,7H2,1-2H3,(H,16,17). The number of aromatic nitrogens is 3. The van der Waals surface area contributed by atoms with Crippen LogP contribution in [0.4, 0.5) is 0 Å². The Bertz CT molecular complexity index is 548. The van der Waals surface area contributed by atoms with Crippen molar-refractivity contribution in [3.05, 3.63) is 23.8 Å². The van der Waals surface area contributed by atoms with Crippen molar-refractivity contribution in [3.8, 4) is 0 Å².